The van der Waals surface area contributed by atoms with Crippen LogP contribution in [0.2, 0.25) is 0 Å². The molecule has 0 saturated heterocycles. The Morgan fingerprint density at radius 2 is 1.58 bits per heavy atom. The first-order valence-corrected chi connectivity index (χ1v) is 9.97. The van der Waals surface area contributed by atoms with Crippen LogP contribution < -0.4 is 4.74 Å². The SMILES string of the molecule is COCCOC(=O)C1C(=O)CC(C)(O)C(C(=O)OCCOC)C1c1ccccc1OC. The standard InChI is InChI=1S/C22H30O9/c1-22(26)13-15(23)18(20(24)30-11-9-27-2)17(14-7-5-6-8-16(14)29-4)19(22)21(25)31-12-10-28-3/h5-8,17-19,26H,9-13H2,1-4H3. The number of esters is 2. The average Bonchev–Trinajstić information content (AvgIpc) is 2.72. The number of aliphatic hydroxyl groups is 1. The van der Waals surface area contributed by atoms with Crippen LogP contribution in [0.3, 0.4) is 0 Å². The number of methoxy groups -OCH3 is 3. The van der Waals surface area contributed by atoms with Crippen LogP contribution in [0, 0.1) is 11.8 Å². The molecule has 31 heavy (non-hydrogen) atoms. The number of hydrogen-bond donors (Lipinski definition) is 1. The van der Waals surface area contributed by atoms with Gasteiger partial charge in [-0.05, 0) is 18.6 Å². The third-order valence-electron chi connectivity index (χ3n) is 5.34. The van der Waals surface area contributed by atoms with E-state index in [0.29, 0.717) is 11.3 Å². The lowest BCUT2D eigenvalue weighted by atomic mass is 9.61. The first kappa shape index (κ1) is 24.8. The summed E-state index contributed by atoms with van der Waals surface area (Å²) in [4.78, 5) is 38.9. The Morgan fingerprint density at radius 3 is 2.16 bits per heavy atom. The predicted molar refractivity (Wildman–Crippen MR) is 109 cm³/mol. The fourth-order valence-electron chi connectivity index (χ4n) is 3.96. The van der Waals surface area contributed by atoms with Gasteiger partial charge in [0.2, 0.25) is 0 Å². The molecule has 0 radical (unpaired) electrons. The molecule has 0 spiro atoms. The topological polar surface area (TPSA) is 118 Å². The molecule has 1 aromatic carbocycles. The van der Waals surface area contributed by atoms with E-state index in [1.54, 1.807) is 24.3 Å². The summed E-state index contributed by atoms with van der Waals surface area (Å²) in [7, 11) is 4.37. The quantitative estimate of drug-likeness (QED) is 0.326. The lowest BCUT2D eigenvalue weighted by Gasteiger charge is -2.43. The molecule has 1 aliphatic carbocycles. The predicted octanol–water partition coefficient (Wildman–Crippen LogP) is 1.11. The minimum absolute atomic E-state index is 0.0303. The van der Waals surface area contributed by atoms with Gasteiger partial charge >= 0.3 is 11.9 Å². The highest BCUT2D eigenvalue weighted by molar-refractivity contribution is 6.03. The van der Waals surface area contributed by atoms with Gasteiger partial charge < -0.3 is 28.8 Å². The van der Waals surface area contributed by atoms with E-state index in [-0.39, 0.29) is 26.4 Å². The molecule has 1 aliphatic rings. The summed E-state index contributed by atoms with van der Waals surface area (Å²) >= 11 is 0. The van der Waals surface area contributed by atoms with E-state index in [9.17, 15) is 19.5 Å². The van der Waals surface area contributed by atoms with E-state index in [4.69, 9.17) is 23.7 Å². The number of para-hydroxylation sites is 1. The van der Waals surface area contributed by atoms with Crippen molar-refractivity contribution in [1.82, 2.24) is 0 Å². The van der Waals surface area contributed by atoms with Crippen LogP contribution in [-0.2, 0) is 33.3 Å². The molecule has 172 valence electrons. The number of carbonyl (C=O) groups excluding carboxylic acids is 3. The summed E-state index contributed by atoms with van der Waals surface area (Å²) < 4.78 is 25.8. The first-order chi connectivity index (χ1) is 14.8. The van der Waals surface area contributed by atoms with E-state index in [1.165, 1.54) is 28.3 Å². The highest BCUT2D eigenvalue weighted by Gasteiger charge is 2.57. The summed E-state index contributed by atoms with van der Waals surface area (Å²) in [6.07, 6.45) is -0.396. The minimum atomic E-state index is -1.74. The molecule has 9 heteroatoms. The fraction of sp³-hybridized carbons (Fsp3) is 0.591. The van der Waals surface area contributed by atoms with Crippen molar-refractivity contribution in [2.75, 3.05) is 47.8 Å². The molecule has 0 amide bonds. The van der Waals surface area contributed by atoms with Gasteiger partial charge in [0.15, 0.2) is 5.78 Å². The zero-order valence-electron chi connectivity index (χ0n) is 18.3. The van der Waals surface area contributed by atoms with Crippen molar-refractivity contribution in [2.24, 2.45) is 11.8 Å². The van der Waals surface area contributed by atoms with Gasteiger partial charge in [-0.1, -0.05) is 18.2 Å². The summed E-state index contributed by atoms with van der Waals surface area (Å²) in [6.45, 7) is 1.64. The van der Waals surface area contributed by atoms with Gasteiger partial charge in [-0.2, -0.15) is 0 Å². The zero-order valence-corrected chi connectivity index (χ0v) is 18.3. The van der Waals surface area contributed by atoms with Crippen molar-refractivity contribution in [1.29, 1.82) is 0 Å². The lowest BCUT2D eigenvalue weighted by Crippen LogP contribution is -2.55. The number of carbonyl (C=O) groups is 3. The largest absolute Gasteiger partial charge is 0.496 e. The molecule has 0 aromatic heterocycles. The van der Waals surface area contributed by atoms with E-state index in [0.717, 1.165) is 0 Å². The molecular weight excluding hydrogens is 408 g/mol. The molecule has 0 aliphatic heterocycles. The number of rotatable bonds is 10. The number of ketones is 1. The van der Waals surface area contributed by atoms with Gasteiger partial charge in [0.25, 0.3) is 0 Å². The van der Waals surface area contributed by atoms with Crippen molar-refractivity contribution in [2.45, 2.75) is 24.9 Å². The molecule has 4 unspecified atom stereocenters. The smallest absolute Gasteiger partial charge is 0.317 e. The van der Waals surface area contributed by atoms with Crippen LogP contribution in [0.5, 0.6) is 5.75 Å². The summed E-state index contributed by atoms with van der Waals surface area (Å²) in [6, 6.07) is 6.74. The Balaban J connectivity index is 2.53. The van der Waals surface area contributed by atoms with Gasteiger partial charge in [-0.15, -0.1) is 0 Å². The Labute approximate surface area is 181 Å². The van der Waals surface area contributed by atoms with E-state index >= 15 is 0 Å². The lowest BCUT2D eigenvalue weighted by molar-refractivity contribution is -0.174. The monoisotopic (exact) mass is 438 g/mol. The molecule has 0 heterocycles. The van der Waals surface area contributed by atoms with Gasteiger partial charge in [0.05, 0.1) is 31.8 Å². The third-order valence-corrected chi connectivity index (χ3v) is 5.34. The van der Waals surface area contributed by atoms with Gasteiger partial charge in [-0.25, -0.2) is 0 Å². The second kappa shape index (κ2) is 11.2. The normalized spacial score (nSPS) is 25.7. The Bertz CT molecular complexity index is 774. The van der Waals surface area contributed by atoms with Gasteiger partial charge in [0.1, 0.15) is 24.9 Å². The fourth-order valence-corrected chi connectivity index (χ4v) is 3.96. The van der Waals surface area contributed by atoms with Gasteiger partial charge in [-0.3, -0.25) is 14.4 Å². The number of Topliss-reactive ketones (excluding diaryl/α,β-unsaturated/α-hetero) is 1. The first-order valence-electron chi connectivity index (χ1n) is 9.97. The second-order valence-electron chi connectivity index (χ2n) is 7.54. The number of benzene rings is 1. The highest BCUT2D eigenvalue weighted by Crippen LogP contribution is 2.48. The molecule has 1 saturated carbocycles. The average molecular weight is 438 g/mol. The van der Waals surface area contributed by atoms with Crippen LogP contribution in [-0.4, -0.2) is 76.2 Å². The van der Waals surface area contributed by atoms with E-state index in [1.807, 2.05) is 0 Å². The summed E-state index contributed by atoms with van der Waals surface area (Å²) in [5, 5.41) is 11.1. The van der Waals surface area contributed by atoms with Crippen LogP contribution in [0.15, 0.2) is 24.3 Å². The molecule has 1 aromatic rings. The van der Waals surface area contributed by atoms with Crippen LogP contribution in [0.1, 0.15) is 24.8 Å². The van der Waals surface area contributed by atoms with Crippen molar-refractivity contribution >= 4 is 17.7 Å². The second-order valence-corrected chi connectivity index (χ2v) is 7.54. The maximum atomic E-state index is 13.0. The van der Waals surface area contributed by atoms with Gasteiger partial charge in [0, 0.05) is 26.6 Å². The summed E-state index contributed by atoms with van der Waals surface area (Å²) in [5.41, 5.74) is -1.31. The maximum Gasteiger partial charge on any atom is 0.317 e. The molecule has 9 nitrogen and oxygen atoms in total. The summed E-state index contributed by atoms with van der Waals surface area (Å²) in [5.74, 6) is -5.24. The van der Waals surface area contributed by atoms with Crippen molar-refractivity contribution in [3.8, 4) is 5.75 Å². The molecule has 4 atom stereocenters. The van der Waals surface area contributed by atoms with Crippen molar-refractivity contribution < 1.29 is 43.2 Å². The highest BCUT2D eigenvalue weighted by atomic mass is 16.6. The Hall–Kier alpha value is -2.49. The van der Waals surface area contributed by atoms with Crippen molar-refractivity contribution in [3.63, 3.8) is 0 Å². The van der Waals surface area contributed by atoms with E-state index in [2.05, 4.69) is 0 Å². The molecule has 2 rings (SSSR count). The van der Waals surface area contributed by atoms with Crippen LogP contribution in [0.4, 0.5) is 0 Å². The Kier molecular flexibility index (Phi) is 8.97. The molecular formula is C22H30O9. The minimum Gasteiger partial charge on any atom is -0.496 e. The van der Waals surface area contributed by atoms with Crippen molar-refractivity contribution in [3.05, 3.63) is 29.8 Å². The van der Waals surface area contributed by atoms with Crippen LogP contribution >= 0.6 is 0 Å². The maximum absolute atomic E-state index is 13.0. The van der Waals surface area contributed by atoms with E-state index < -0.39 is 47.5 Å². The zero-order chi connectivity index (χ0) is 23.0. The molecule has 0 bridgehead atoms. The number of hydrogen-bond acceptors (Lipinski definition) is 9. The van der Waals surface area contributed by atoms with Crippen LogP contribution in [0.25, 0.3) is 0 Å². The Morgan fingerprint density at radius 1 is 1.00 bits per heavy atom. The number of ether oxygens (including phenoxy) is 5. The molecule has 1 N–H and O–H groups in total. The third kappa shape index (κ3) is 5.81. The molecule has 1 fully saturated rings.